The maximum Gasteiger partial charge on any atom is 0.238 e. The van der Waals surface area contributed by atoms with Gasteiger partial charge in [0.1, 0.15) is 0 Å². The third-order valence-electron chi connectivity index (χ3n) is 0.981. The molecule has 2 N–H and O–H groups in total. The number of benzene rings is 1. The van der Waals surface area contributed by atoms with E-state index in [2.05, 4.69) is 12.1 Å². The fourth-order valence-electron chi connectivity index (χ4n) is 0.532. The van der Waals surface area contributed by atoms with E-state index >= 15 is 0 Å². The molecule has 0 saturated carbocycles. The average Bonchev–Trinajstić information content (AvgIpc) is 1.86. The molecule has 0 saturated heterocycles. The SMILES string of the molecule is NS(=O)(=O)c1[c][c]cc(Cl)c1. The predicted molar refractivity (Wildman–Crippen MR) is 40.5 cm³/mol. The van der Waals surface area contributed by atoms with Crippen molar-refractivity contribution in [3.63, 3.8) is 0 Å². The summed E-state index contributed by atoms with van der Waals surface area (Å²) in [5, 5.41) is 5.06. The highest BCUT2D eigenvalue weighted by atomic mass is 35.5. The standard InChI is InChI=1S/C6H4ClNO2S/c7-5-2-1-3-6(4-5)11(8,9)10/h2,4H,(H2,8,9,10). The second-order valence-electron chi connectivity index (χ2n) is 1.85. The zero-order valence-corrected chi connectivity index (χ0v) is 6.91. The molecular formula is C6H4ClNO2S. The highest BCUT2D eigenvalue weighted by Gasteiger charge is 2.06. The van der Waals surface area contributed by atoms with Crippen molar-refractivity contribution in [2.24, 2.45) is 5.14 Å². The van der Waals surface area contributed by atoms with Crippen LogP contribution in [0.1, 0.15) is 0 Å². The summed E-state index contributed by atoms with van der Waals surface area (Å²) in [4.78, 5) is -0.148. The van der Waals surface area contributed by atoms with Crippen LogP contribution >= 0.6 is 11.6 Å². The van der Waals surface area contributed by atoms with Crippen molar-refractivity contribution in [1.29, 1.82) is 0 Å². The summed E-state index contributed by atoms with van der Waals surface area (Å²) in [5.41, 5.74) is 0. The van der Waals surface area contributed by atoms with Gasteiger partial charge in [0, 0.05) is 11.1 Å². The number of primary sulfonamides is 1. The van der Waals surface area contributed by atoms with Gasteiger partial charge in [-0.1, -0.05) is 11.6 Å². The van der Waals surface area contributed by atoms with Crippen LogP contribution in [0.5, 0.6) is 0 Å². The normalized spacial score (nSPS) is 11.5. The van der Waals surface area contributed by atoms with Crippen LogP contribution in [0.25, 0.3) is 0 Å². The number of halogens is 1. The number of hydrogen-bond acceptors (Lipinski definition) is 2. The van der Waals surface area contributed by atoms with E-state index in [0.29, 0.717) is 0 Å². The summed E-state index contributed by atoms with van der Waals surface area (Å²) in [7, 11) is -3.70. The summed E-state index contributed by atoms with van der Waals surface area (Å²) in [6, 6.07) is 7.36. The van der Waals surface area contributed by atoms with Gasteiger partial charge >= 0.3 is 0 Å². The Morgan fingerprint density at radius 1 is 1.55 bits per heavy atom. The van der Waals surface area contributed by atoms with E-state index in [-0.39, 0.29) is 9.92 Å². The van der Waals surface area contributed by atoms with E-state index in [1.165, 1.54) is 12.1 Å². The zero-order valence-electron chi connectivity index (χ0n) is 5.33. The van der Waals surface area contributed by atoms with E-state index in [1.54, 1.807) is 0 Å². The molecule has 0 unspecified atom stereocenters. The first-order chi connectivity index (χ1) is 5.00. The van der Waals surface area contributed by atoms with Gasteiger partial charge in [0.2, 0.25) is 10.0 Å². The Labute approximate surface area is 69.8 Å². The van der Waals surface area contributed by atoms with Crippen LogP contribution < -0.4 is 5.14 Å². The van der Waals surface area contributed by atoms with Crippen LogP contribution in [-0.2, 0) is 10.0 Å². The van der Waals surface area contributed by atoms with Crippen molar-refractivity contribution < 1.29 is 8.42 Å². The lowest BCUT2D eigenvalue weighted by atomic mass is 10.4. The van der Waals surface area contributed by atoms with E-state index in [9.17, 15) is 8.42 Å². The Morgan fingerprint density at radius 2 is 2.18 bits per heavy atom. The topological polar surface area (TPSA) is 60.2 Å². The van der Waals surface area contributed by atoms with E-state index in [4.69, 9.17) is 16.7 Å². The van der Waals surface area contributed by atoms with Gasteiger partial charge in [-0.3, -0.25) is 0 Å². The molecule has 2 radical (unpaired) electrons. The summed E-state index contributed by atoms with van der Waals surface area (Å²) >= 11 is 5.48. The first-order valence-electron chi connectivity index (χ1n) is 2.62. The highest BCUT2D eigenvalue weighted by Crippen LogP contribution is 2.12. The largest absolute Gasteiger partial charge is 0.238 e. The predicted octanol–water partition coefficient (Wildman–Crippen LogP) is 0.588. The van der Waals surface area contributed by atoms with Gasteiger partial charge in [0.15, 0.2) is 0 Å². The average molecular weight is 190 g/mol. The number of hydrogen-bond donors (Lipinski definition) is 1. The summed E-state index contributed by atoms with van der Waals surface area (Å²) in [5.74, 6) is 0. The Kier molecular flexibility index (Phi) is 2.17. The van der Waals surface area contributed by atoms with Crippen molar-refractivity contribution in [2.75, 3.05) is 0 Å². The molecule has 3 nitrogen and oxygen atoms in total. The summed E-state index contributed by atoms with van der Waals surface area (Å²) in [6.45, 7) is 0. The molecule has 0 aliphatic carbocycles. The first-order valence-corrected chi connectivity index (χ1v) is 4.54. The molecule has 0 aliphatic rings. The lowest BCUT2D eigenvalue weighted by molar-refractivity contribution is 0.597. The number of rotatable bonds is 1. The molecule has 0 aromatic heterocycles. The minimum Gasteiger partial charge on any atom is -0.225 e. The van der Waals surface area contributed by atoms with Gasteiger partial charge in [-0.25, -0.2) is 13.6 Å². The Bertz CT molecular complexity index is 361. The summed E-state index contributed by atoms with van der Waals surface area (Å²) in [6.07, 6.45) is 0. The zero-order chi connectivity index (χ0) is 8.48. The Hall–Kier alpha value is -0.580. The molecule has 1 rings (SSSR count). The molecular weight excluding hydrogens is 186 g/mol. The van der Waals surface area contributed by atoms with Gasteiger partial charge < -0.3 is 0 Å². The van der Waals surface area contributed by atoms with E-state index in [1.807, 2.05) is 0 Å². The van der Waals surface area contributed by atoms with Crippen LogP contribution in [0.4, 0.5) is 0 Å². The van der Waals surface area contributed by atoms with E-state index < -0.39 is 10.0 Å². The van der Waals surface area contributed by atoms with E-state index in [0.717, 1.165) is 0 Å². The lowest BCUT2D eigenvalue weighted by Crippen LogP contribution is -2.11. The third kappa shape index (κ3) is 2.18. The fraction of sp³-hybridized carbons (Fsp3) is 0. The lowest BCUT2D eigenvalue weighted by Gasteiger charge is -1.95. The Balaban J connectivity index is 3.28. The van der Waals surface area contributed by atoms with Crippen molar-refractivity contribution in [2.45, 2.75) is 4.90 Å². The van der Waals surface area contributed by atoms with Crippen molar-refractivity contribution in [3.8, 4) is 0 Å². The molecule has 1 aromatic carbocycles. The van der Waals surface area contributed by atoms with Crippen LogP contribution in [0, 0.1) is 12.1 Å². The minimum atomic E-state index is -3.70. The first kappa shape index (κ1) is 8.52. The van der Waals surface area contributed by atoms with Gasteiger partial charge in [0.25, 0.3) is 0 Å². The molecule has 0 fully saturated rings. The van der Waals surface area contributed by atoms with Crippen LogP contribution in [0.2, 0.25) is 5.02 Å². The second-order valence-corrected chi connectivity index (χ2v) is 3.82. The molecule has 58 valence electrons. The Morgan fingerprint density at radius 3 is 2.55 bits per heavy atom. The maximum absolute atomic E-state index is 10.7. The third-order valence-corrected chi connectivity index (χ3v) is 2.03. The van der Waals surface area contributed by atoms with Crippen molar-refractivity contribution in [3.05, 3.63) is 29.3 Å². The maximum atomic E-state index is 10.7. The minimum absolute atomic E-state index is 0.148. The van der Waals surface area contributed by atoms with Crippen molar-refractivity contribution in [1.82, 2.24) is 0 Å². The van der Waals surface area contributed by atoms with Gasteiger partial charge in [-0.15, -0.1) is 0 Å². The van der Waals surface area contributed by atoms with Gasteiger partial charge in [0.05, 0.1) is 4.90 Å². The molecule has 0 heterocycles. The molecule has 5 heteroatoms. The fourth-order valence-corrected chi connectivity index (χ4v) is 1.25. The van der Waals surface area contributed by atoms with Gasteiger partial charge in [-0.2, -0.15) is 0 Å². The van der Waals surface area contributed by atoms with Crippen LogP contribution in [-0.4, -0.2) is 8.42 Å². The second kappa shape index (κ2) is 2.81. The monoisotopic (exact) mass is 189 g/mol. The van der Waals surface area contributed by atoms with Gasteiger partial charge in [-0.05, 0) is 18.2 Å². The molecule has 0 aliphatic heterocycles. The smallest absolute Gasteiger partial charge is 0.225 e. The molecule has 1 aromatic rings. The molecule has 0 spiro atoms. The van der Waals surface area contributed by atoms with Crippen molar-refractivity contribution >= 4 is 21.6 Å². The molecule has 11 heavy (non-hydrogen) atoms. The molecule has 0 atom stereocenters. The summed E-state index contributed by atoms with van der Waals surface area (Å²) < 4.78 is 21.3. The van der Waals surface area contributed by atoms with Crippen LogP contribution in [0.15, 0.2) is 17.0 Å². The molecule has 0 bridgehead atoms. The number of nitrogens with two attached hydrogens (primary N) is 1. The molecule has 0 amide bonds. The number of sulfonamides is 1. The highest BCUT2D eigenvalue weighted by molar-refractivity contribution is 7.89. The van der Waals surface area contributed by atoms with Crippen LogP contribution in [0.3, 0.4) is 0 Å². The quantitative estimate of drug-likeness (QED) is 0.703.